The van der Waals surface area contributed by atoms with Crippen LogP contribution in [0.1, 0.15) is 0 Å². The zero-order chi connectivity index (χ0) is 10.1. The molecule has 0 aromatic rings. The number of fused-ring (bicyclic) bond motifs is 1. The molecule has 0 bridgehead atoms. The molecule has 14 heavy (non-hydrogen) atoms. The molecule has 2 unspecified atom stereocenters. The smallest absolute Gasteiger partial charge is 0.231 e. The Labute approximate surface area is 91.5 Å². The van der Waals surface area contributed by atoms with Crippen molar-refractivity contribution in [1.29, 1.82) is 0 Å². The molecule has 0 spiro atoms. The average Bonchev–Trinajstić information content (AvgIpc) is 2.55. The summed E-state index contributed by atoms with van der Waals surface area (Å²) in [6.07, 6.45) is 5.91. The zero-order valence-electron chi connectivity index (χ0n) is 7.94. The van der Waals surface area contributed by atoms with Gasteiger partial charge in [0.05, 0.1) is 18.5 Å². The van der Waals surface area contributed by atoms with E-state index in [4.69, 9.17) is 4.74 Å². The van der Waals surface area contributed by atoms with Crippen molar-refractivity contribution in [1.82, 2.24) is 4.90 Å². The van der Waals surface area contributed by atoms with Gasteiger partial charge in [0.25, 0.3) is 0 Å². The fraction of sp³-hybridized carbons (Fsp3) is 0.500. The summed E-state index contributed by atoms with van der Waals surface area (Å²) in [5.41, 5.74) is 0.614. The third kappa shape index (κ3) is 1.47. The molecule has 1 aliphatic carbocycles. The number of nitrogens with zero attached hydrogens (tertiary/aromatic N) is 1. The van der Waals surface area contributed by atoms with Crippen LogP contribution in [0.25, 0.3) is 0 Å². The SMILES string of the molecule is COC1=CC2C(=O)N(CBr)CC2C=C1. The molecule has 1 fully saturated rings. The number of allylic oxidation sites excluding steroid dienone is 1. The maximum atomic E-state index is 11.8. The fourth-order valence-corrected chi connectivity index (χ4v) is 2.37. The van der Waals surface area contributed by atoms with E-state index in [9.17, 15) is 4.79 Å². The Balaban J connectivity index is 2.20. The monoisotopic (exact) mass is 257 g/mol. The van der Waals surface area contributed by atoms with Crippen LogP contribution in [0.5, 0.6) is 0 Å². The van der Waals surface area contributed by atoms with Gasteiger partial charge in [-0.05, 0) is 12.2 Å². The minimum Gasteiger partial charge on any atom is -0.497 e. The molecule has 2 rings (SSSR count). The summed E-state index contributed by atoms with van der Waals surface area (Å²) in [4.78, 5) is 13.6. The largest absolute Gasteiger partial charge is 0.497 e. The van der Waals surface area contributed by atoms with Gasteiger partial charge in [-0.15, -0.1) is 0 Å². The van der Waals surface area contributed by atoms with Gasteiger partial charge in [0.1, 0.15) is 5.76 Å². The lowest BCUT2D eigenvalue weighted by Crippen LogP contribution is -2.25. The van der Waals surface area contributed by atoms with Crippen LogP contribution in [0.4, 0.5) is 0 Å². The molecule has 0 aromatic heterocycles. The van der Waals surface area contributed by atoms with Crippen LogP contribution < -0.4 is 0 Å². The fourth-order valence-electron chi connectivity index (χ4n) is 1.92. The van der Waals surface area contributed by atoms with Crippen molar-refractivity contribution in [3.63, 3.8) is 0 Å². The van der Waals surface area contributed by atoms with Crippen LogP contribution in [0, 0.1) is 11.8 Å². The van der Waals surface area contributed by atoms with Gasteiger partial charge < -0.3 is 9.64 Å². The number of ether oxygens (including phenoxy) is 1. The lowest BCUT2D eigenvalue weighted by Gasteiger charge is -2.14. The van der Waals surface area contributed by atoms with Crippen molar-refractivity contribution in [2.45, 2.75) is 0 Å². The highest BCUT2D eigenvalue weighted by atomic mass is 79.9. The number of alkyl halides is 1. The maximum Gasteiger partial charge on any atom is 0.231 e. The molecule has 1 heterocycles. The number of methoxy groups -OCH3 is 1. The van der Waals surface area contributed by atoms with E-state index in [0.29, 0.717) is 11.4 Å². The Bertz CT molecular complexity index is 311. The summed E-state index contributed by atoms with van der Waals surface area (Å²) in [5.74, 6) is 1.27. The van der Waals surface area contributed by atoms with E-state index in [1.165, 1.54) is 0 Å². The van der Waals surface area contributed by atoms with Crippen LogP contribution in [0.2, 0.25) is 0 Å². The van der Waals surface area contributed by atoms with Gasteiger partial charge in [-0.25, -0.2) is 0 Å². The topological polar surface area (TPSA) is 29.5 Å². The summed E-state index contributed by atoms with van der Waals surface area (Å²) >= 11 is 3.31. The summed E-state index contributed by atoms with van der Waals surface area (Å²) in [6.45, 7) is 0.804. The van der Waals surface area contributed by atoms with Crippen molar-refractivity contribution < 1.29 is 9.53 Å². The number of carbonyl (C=O) groups is 1. The first-order valence-electron chi connectivity index (χ1n) is 4.55. The second kappa shape index (κ2) is 3.77. The van der Waals surface area contributed by atoms with Gasteiger partial charge in [0.2, 0.25) is 5.91 Å². The Morgan fingerprint density at radius 1 is 1.71 bits per heavy atom. The van der Waals surface area contributed by atoms with Gasteiger partial charge in [-0.2, -0.15) is 0 Å². The molecule has 0 saturated carbocycles. The van der Waals surface area contributed by atoms with Crippen LogP contribution in [0.3, 0.4) is 0 Å². The average molecular weight is 258 g/mol. The van der Waals surface area contributed by atoms with E-state index in [0.717, 1.165) is 12.3 Å². The molecule has 0 radical (unpaired) electrons. The highest BCUT2D eigenvalue weighted by molar-refractivity contribution is 9.09. The van der Waals surface area contributed by atoms with Crippen LogP contribution >= 0.6 is 15.9 Å². The van der Waals surface area contributed by atoms with E-state index >= 15 is 0 Å². The lowest BCUT2D eigenvalue weighted by atomic mass is 9.91. The quantitative estimate of drug-likeness (QED) is 0.555. The molecular weight excluding hydrogens is 246 g/mol. The van der Waals surface area contributed by atoms with Crippen LogP contribution in [-0.4, -0.2) is 29.9 Å². The predicted octanol–water partition coefficient (Wildman–Crippen LogP) is 1.51. The normalized spacial score (nSPS) is 30.3. The minimum atomic E-state index is -0.0208. The van der Waals surface area contributed by atoms with Gasteiger partial charge >= 0.3 is 0 Å². The summed E-state index contributed by atoms with van der Waals surface area (Å²) < 4.78 is 5.11. The van der Waals surface area contributed by atoms with Crippen molar-refractivity contribution in [3.05, 3.63) is 24.0 Å². The molecule has 0 N–H and O–H groups in total. The Hall–Kier alpha value is -0.770. The number of hydrogen-bond donors (Lipinski definition) is 0. The van der Waals surface area contributed by atoms with Crippen molar-refractivity contribution in [3.8, 4) is 0 Å². The van der Waals surface area contributed by atoms with E-state index in [1.807, 2.05) is 17.1 Å². The molecule has 4 heteroatoms. The number of carbonyl (C=O) groups excluding carboxylic acids is 1. The van der Waals surface area contributed by atoms with Crippen molar-refractivity contribution in [2.75, 3.05) is 19.1 Å². The van der Waals surface area contributed by atoms with Gasteiger partial charge in [-0.1, -0.05) is 22.0 Å². The standard InChI is InChI=1S/C10H12BrNO2/c1-14-8-3-2-7-5-12(6-11)10(13)9(7)4-8/h2-4,7,9H,5-6H2,1H3. The predicted molar refractivity (Wildman–Crippen MR) is 56.7 cm³/mol. The van der Waals surface area contributed by atoms with Crippen LogP contribution in [0.15, 0.2) is 24.0 Å². The van der Waals surface area contributed by atoms with E-state index < -0.39 is 0 Å². The number of hydrogen-bond acceptors (Lipinski definition) is 2. The Morgan fingerprint density at radius 3 is 3.14 bits per heavy atom. The lowest BCUT2D eigenvalue weighted by molar-refractivity contribution is -0.129. The first kappa shape index (κ1) is 9.77. The Kier molecular flexibility index (Phi) is 2.63. The molecule has 1 amide bonds. The molecule has 76 valence electrons. The maximum absolute atomic E-state index is 11.8. The van der Waals surface area contributed by atoms with Gasteiger partial charge in [-0.3, -0.25) is 4.79 Å². The third-order valence-electron chi connectivity index (χ3n) is 2.72. The number of likely N-dealkylation sites (tertiary alicyclic amines) is 1. The highest BCUT2D eigenvalue weighted by Gasteiger charge is 2.38. The summed E-state index contributed by atoms with van der Waals surface area (Å²) in [5, 5.41) is 0. The first-order valence-corrected chi connectivity index (χ1v) is 5.67. The summed E-state index contributed by atoms with van der Waals surface area (Å²) in [6, 6.07) is 0. The number of amides is 1. The van der Waals surface area contributed by atoms with E-state index in [1.54, 1.807) is 7.11 Å². The van der Waals surface area contributed by atoms with Crippen molar-refractivity contribution >= 4 is 21.8 Å². The molecular formula is C10H12BrNO2. The number of rotatable bonds is 2. The minimum absolute atomic E-state index is 0.0208. The van der Waals surface area contributed by atoms with E-state index in [2.05, 4.69) is 22.0 Å². The Morgan fingerprint density at radius 2 is 2.50 bits per heavy atom. The van der Waals surface area contributed by atoms with Crippen molar-refractivity contribution in [2.24, 2.45) is 11.8 Å². The molecule has 3 nitrogen and oxygen atoms in total. The molecule has 1 saturated heterocycles. The highest BCUT2D eigenvalue weighted by Crippen LogP contribution is 2.32. The van der Waals surface area contributed by atoms with Gasteiger partial charge in [0, 0.05) is 12.5 Å². The third-order valence-corrected chi connectivity index (χ3v) is 3.33. The van der Waals surface area contributed by atoms with E-state index in [-0.39, 0.29) is 11.8 Å². The van der Waals surface area contributed by atoms with Gasteiger partial charge in [0.15, 0.2) is 0 Å². The first-order chi connectivity index (χ1) is 6.76. The second-order valence-corrected chi connectivity index (χ2v) is 4.00. The molecule has 1 aliphatic heterocycles. The molecule has 0 aromatic carbocycles. The van der Waals surface area contributed by atoms with Crippen LogP contribution in [-0.2, 0) is 9.53 Å². The number of halogens is 1. The zero-order valence-corrected chi connectivity index (χ0v) is 9.53. The molecule has 2 atom stereocenters. The second-order valence-electron chi connectivity index (χ2n) is 3.50. The molecule has 2 aliphatic rings. The summed E-state index contributed by atoms with van der Waals surface area (Å²) in [7, 11) is 1.62.